The van der Waals surface area contributed by atoms with E-state index in [0.717, 1.165) is 31.9 Å². The van der Waals surface area contributed by atoms with Crippen LogP contribution < -0.4 is 21.3 Å². The van der Waals surface area contributed by atoms with Crippen molar-refractivity contribution in [3.63, 3.8) is 0 Å². The van der Waals surface area contributed by atoms with E-state index in [1.165, 1.54) is 11.4 Å². The highest BCUT2D eigenvalue weighted by Gasteiger charge is 2.20. The highest BCUT2D eigenvalue weighted by atomic mass is 15.3. The Balaban J connectivity index is 0.000000225. The van der Waals surface area contributed by atoms with Gasteiger partial charge in [0.2, 0.25) is 0 Å². The van der Waals surface area contributed by atoms with E-state index in [9.17, 15) is 0 Å². The highest BCUT2D eigenvalue weighted by molar-refractivity contribution is 5.76. The summed E-state index contributed by atoms with van der Waals surface area (Å²) < 4.78 is 0. The monoisotopic (exact) mass is 288 g/mol. The second-order valence-electron chi connectivity index (χ2n) is 4.88. The van der Waals surface area contributed by atoms with E-state index in [-0.39, 0.29) is 0 Å². The van der Waals surface area contributed by atoms with Gasteiger partial charge in [0.15, 0.2) is 5.95 Å². The Hall–Kier alpha value is -2.37. The molecule has 0 spiro atoms. The minimum atomic E-state index is 0.468. The number of fused-ring (bicyclic) bond motifs is 1. The number of nitrogens with two attached hydrogens (primary N) is 2. The van der Waals surface area contributed by atoms with Gasteiger partial charge in [-0.2, -0.15) is 0 Å². The Morgan fingerprint density at radius 1 is 1.10 bits per heavy atom. The normalized spacial score (nSPS) is 13.4. The lowest BCUT2D eigenvalue weighted by atomic mass is 10.1. The zero-order chi connectivity index (χ0) is 15.2. The molecule has 0 amide bonds. The van der Waals surface area contributed by atoms with Crippen molar-refractivity contribution < 1.29 is 0 Å². The summed E-state index contributed by atoms with van der Waals surface area (Å²) in [4.78, 5) is 11.1. The number of anilines is 4. The number of nitrogens with one attached hydrogen (secondary N) is 1. The number of benzene rings is 1. The molecule has 1 aromatic heterocycles. The first kappa shape index (κ1) is 15.0. The minimum Gasteiger partial charge on any atom is -0.399 e. The van der Waals surface area contributed by atoms with E-state index >= 15 is 0 Å². The van der Waals surface area contributed by atoms with E-state index in [1.807, 2.05) is 6.07 Å². The minimum absolute atomic E-state index is 0.468. The Bertz CT molecular complexity index is 551. The molecule has 0 saturated heterocycles. The van der Waals surface area contributed by atoms with Gasteiger partial charge in [-0.15, -0.1) is 0 Å². The van der Waals surface area contributed by atoms with Gasteiger partial charge in [0.05, 0.1) is 11.4 Å². The number of hydrogen-bond donors (Lipinski definition) is 3. The van der Waals surface area contributed by atoms with Crippen LogP contribution in [0.3, 0.4) is 0 Å². The maximum atomic E-state index is 5.84. The number of nitrogen functional groups attached to an aromatic ring is 2. The Labute approximate surface area is 125 Å². The predicted molar refractivity (Wildman–Crippen MR) is 89.6 cm³/mol. The van der Waals surface area contributed by atoms with Crippen molar-refractivity contribution in [2.45, 2.75) is 13.8 Å². The van der Waals surface area contributed by atoms with E-state index in [1.54, 1.807) is 12.4 Å². The summed E-state index contributed by atoms with van der Waals surface area (Å²) in [5, 5.41) is 0. The van der Waals surface area contributed by atoms with E-state index in [4.69, 9.17) is 11.5 Å². The van der Waals surface area contributed by atoms with E-state index in [0.29, 0.717) is 5.95 Å². The van der Waals surface area contributed by atoms with Crippen LogP contribution in [0.1, 0.15) is 13.8 Å². The molecule has 0 saturated carbocycles. The molecule has 0 bridgehead atoms. The average molecular weight is 288 g/mol. The second-order valence-corrected chi connectivity index (χ2v) is 4.88. The van der Waals surface area contributed by atoms with Crippen LogP contribution in [0.15, 0.2) is 30.6 Å². The number of hydrogen-bond acceptors (Lipinski definition) is 5. The van der Waals surface area contributed by atoms with Crippen LogP contribution in [0.5, 0.6) is 0 Å². The molecule has 21 heavy (non-hydrogen) atoms. The largest absolute Gasteiger partial charge is 0.399 e. The number of aromatic nitrogens is 2. The van der Waals surface area contributed by atoms with Crippen molar-refractivity contribution >= 4 is 23.0 Å². The van der Waals surface area contributed by atoms with Crippen molar-refractivity contribution in [2.75, 3.05) is 47.4 Å². The Kier molecular flexibility index (Phi) is 4.92. The molecule has 6 heteroatoms. The molecule has 1 aromatic carbocycles. The van der Waals surface area contributed by atoms with Crippen LogP contribution in [0.2, 0.25) is 0 Å². The molecule has 0 radical (unpaired) electrons. The number of rotatable bonds is 2. The number of H-pyrrole nitrogens is 1. The first-order valence-electron chi connectivity index (χ1n) is 7.30. The van der Waals surface area contributed by atoms with Gasteiger partial charge in [0.1, 0.15) is 0 Å². The van der Waals surface area contributed by atoms with Crippen LogP contribution in [0.25, 0.3) is 0 Å². The first-order valence-corrected chi connectivity index (χ1v) is 7.30. The third-order valence-electron chi connectivity index (χ3n) is 3.60. The van der Waals surface area contributed by atoms with Crippen LogP contribution >= 0.6 is 0 Å². The summed E-state index contributed by atoms with van der Waals surface area (Å²) >= 11 is 0. The van der Waals surface area contributed by atoms with Crippen molar-refractivity contribution in [3.8, 4) is 0 Å². The van der Waals surface area contributed by atoms with Gasteiger partial charge in [-0.1, -0.05) is 0 Å². The lowest BCUT2D eigenvalue weighted by Gasteiger charge is -2.38. The summed E-state index contributed by atoms with van der Waals surface area (Å²) in [5.41, 5.74) is 14.4. The van der Waals surface area contributed by atoms with Gasteiger partial charge >= 0.3 is 0 Å². The second kappa shape index (κ2) is 6.88. The Morgan fingerprint density at radius 2 is 1.76 bits per heavy atom. The third kappa shape index (κ3) is 3.59. The summed E-state index contributed by atoms with van der Waals surface area (Å²) in [6.45, 7) is 8.71. The van der Waals surface area contributed by atoms with Crippen molar-refractivity contribution in [1.82, 2.24) is 9.97 Å². The van der Waals surface area contributed by atoms with Crippen LogP contribution in [-0.2, 0) is 0 Å². The van der Waals surface area contributed by atoms with Gasteiger partial charge in [-0.25, -0.2) is 4.98 Å². The summed E-state index contributed by atoms with van der Waals surface area (Å²) in [6.07, 6.45) is 3.28. The molecule has 2 aromatic rings. The molecule has 0 fully saturated rings. The zero-order valence-electron chi connectivity index (χ0n) is 12.7. The number of imidazole rings is 1. The van der Waals surface area contributed by atoms with Gasteiger partial charge in [0.25, 0.3) is 0 Å². The van der Waals surface area contributed by atoms with Crippen molar-refractivity contribution in [3.05, 3.63) is 30.6 Å². The first-order chi connectivity index (χ1) is 10.2. The SMILES string of the molecule is CCN1CCN(CC)c2cc(N)ccc21.Nc1ncc[nH]1. The molecule has 0 atom stereocenters. The number of aromatic amines is 1. The van der Waals surface area contributed by atoms with Crippen LogP contribution in [0.4, 0.5) is 23.0 Å². The molecule has 0 aliphatic carbocycles. The predicted octanol–water partition coefficient (Wildman–Crippen LogP) is 1.93. The maximum absolute atomic E-state index is 5.84. The van der Waals surface area contributed by atoms with E-state index in [2.05, 4.69) is 45.7 Å². The number of likely N-dealkylation sites (N-methyl/N-ethyl adjacent to an activating group) is 2. The zero-order valence-corrected chi connectivity index (χ0v) is 12.7. The van der Waals surface area contributed by atoms with Gasteiger partial charge in [0, 0.05) is 44.3 Å². The summed E-state index contributed by atoms with van der Waals surface area (Å²) in [5.74, 6) is 0.468. The molecule has 114 valence electrons. The fourth-order valence-corrected chi connectivity index (χ4v) is 2.48. The molecule has 0 unspecified atom stereocenters. The van der Waals surface area contributed by atoms with Crippen molar-refractivity contribution in [1.29, 1.82) is 0 Å². The fourth-order valence-electron chi connectivity index (χ4n) is 2.48. The molecule has 1 aliphatic rings. The lowest BCUT2D eigenvalue weighted by Crippen LogP contribution is -2.40. The lowest BCUT2D eigenvalue weighted by molar-refractivity contribution is 0.723. The molecular formula is C15H24N6. The molecule has 1 aliphatic heterocycles. The fraction of sp³-hybridized carbons (Fsp3) is 0.400. The quantitative estimate of drug-likeness (QED) is 0.735. The summed E-state index contributed by atoms with van der Waals surface area (Å²) in [7, 11) is 0. The Morgan fingerprint density at radius 3 is 2.24 bits per heavy atom. The topological polar surface area (TPSA) is 87.2 Å². The average Bonchev–Trinajstić information content (AvgIpc) is 2.97. The van der Waals surface area contributed by atoms with Gasteiger partial charge in [-0.05, 0) is 32.0 Å². The highest BCUT2D eigenvalue weighted by Crippen LogP contribution is 2.34. The van der Waals surface area contributed by atoms with Gasteiger partial charge < -0.3 is 26.3 Å². The molecule has 6 nitrogen and oxygen atoms in total. The van der Waals surface area contributed by atoms with Crippen molar-refractivity contribution in [2.24, 2.45) is 0 Å². The van der Waals surface area contributed by atoms with Gasteiger partial charge in [-0.3, -0.25) is 0 Å². The van der Waals surface area contributed by atoms with Crippen LogP contribution in [0, 0.1) is 0 Å². The molecular weight excluding hydrogens is 264 g/mol. The van der Waals surface area contributed by atoms with E-state index < -0.39 is 0 Å². The smallest absolute Gasteiger partial charge is 0.197 e. The molecule has 2 heterocycles. The standard InChI is InChI=1S/C12H19N3.C3H5N3/c1-3-14-7-8-15(4-2)12-9-10(13)5-6-11(12)14;4-3-5-1-2-6-3/h5-6,9H,3-4,7-8,13H2,1-2H3;1-2H,(H3,4,5,6). The maximum Gasteiger partial charge on any atom is 0.197 e. The molecule has 5 N–H and O–H groups in total. The number of nitrogens with zero attached hydrogens (tertiary/aromatic N) is 3. The summed E-state index contributed by atoms with van der Waals surface area (Å²) in [6, 6.07) is 6.21. The molecule has 3 rings (SSSR count). The van der Waals surface area contributed by atoms with Crippen LogP contribution in [-0.4, -0.2) is 36.1 Å². The third-order valence-corrected chi connectivity index (χ3v) is 3.60.